The van der Waals surface area contributed by atoms with E-state index in [-0.39, 0.29) is 11.9 Å². The van der Waals surface area contributed by atoms with Crippen LogP contribution in [-0.2, 0) is 9.53 Å². The van der Waals surface area contributed by atoms with Crippen LogP contribution in [0.5, 0.6) is 0 Å². The molecule has 8 heavy (non-hydrogen) atoms. The number of allylic oxidation sites excluding steroid dienone is 1. The first-order valence-corrected chi connectivity index (χ1v) is 2.40. The van der Waals surface area contributed by atoms with Gasteiger partial charge in [-0.15, -0.1) is 0 Å². The molecule has 1 radical (unpaired) electrons. The van der Waals surface area contributed by atoms with E-state index in [1.807, 2.05) is 13.8 Å². The minimum absolute atomic E-state index is 0.0175. The number of hydrogen-bond acceptors (Lipinski definition) is 2. The second-order valence-electron chi connectivity index (χ2n) is 1.69. The number of rotatable bonds is 3. The van der Waals surface area contributed by atoms with Crippen molar-refractivity contribution in [3.63, 3.8) is 0 Å². The second-order valence-corrected chi connectivity index (χ2v) is 1.69. The second kappa shape index (κ2) is 3.24. The molecule has 0 spiro atoms. The summed E-state index contributed by atoms with van der Waals surface area (Å²) in [5.41, 5.74) is 0. The van der Waals surface area contributed by atoms with Crippen LogP contribution in [0.1, 0.15) is 13.8 Å². The Bertz CT molecular complexity index is 94.7. The summed E-state index contributed by atoms with van der Waals surface area (Å²) in [5, 5.41) is 0. The van der Waals surface area contributed by atoms with Crippen molar-refractivity contribution in [2.45, 2.75) is 20.0 Å². The van der Waals surface area contributed by atoms with Gasteiger partial charge in [-0.1, -0.05) is 6.58 Å². The molecule has 0 saturated carbocycles. The van der Waals surface area contributed by atoms with Gasteiger partial charge in [0.15, 0.2) is 5.76 Å². The van der Waals surface area contributed by atoms with Crippen molar-refractivity contribution < 1.29 is 9.53 Å². The van der Waals surface area contributed by atoms with E-state index in [4.69, 9.17) is 4.74 Å². The molecule has 0 saturated heterocycles. The van der Waals surface area contributed by atoms with Crippen molar-refractivity contribution in [2.24, 2.45) is 0 Å². The van der Waals surface area contributed by atoms with Gasteiger partial charge < -0.3 is 4.74 Å². The summed E-state index contributed by atoms with van der Waals surface area (Å²) in [6.45, 7) is 6.91. The molecule has 0 aromatic rings. The van der Waals surface area contributed by atoms with E-state index < -0.39 is 0 Å². The largest absolute Gasteiger partial charge is 0.487 e. The Kier molecular flexibility index (Phi) is 2.92. The molecule has 0 aromatic carbocycles. The lowest BCUT2D eigenvalue weighted by molar-refractivity contribution is 0.163. The first-order valence-electron chi connectivity index (χ1n) is 2.40. The summed E-state index contributed by atoms with van der Waals surface area (Å²) in [5.74, 6) is 0.0694. The highest BCUT2D eigenvalue weighted by Crippen LogP contribution is 1.93. The first-order chi connectivity index (χ1) is 3.66. The molecule has 0 amide bonds. The van der Waals surface area contributed by atoms with E-state index in [1.165, 1.54) is 6.29 Å². The van der Waals surface area contributed by atoms with Crippen molar-refractivity contribution in [2.75, 3.05) is 0 Å². The predicted octanol–water partition coefficient (Wildman–Crippen LogP) is 1.03. The minimum Gasteiger partial charge on any atom is -0.487 e. The van der Waals surface area contributed by atoms with Gasteiger partial charge in [0, 0.05) is 0 Å². The lowest BCUT2D eigenvalue weighted by atomic mass is 10.5. The van der Waals surface area contributed by atoms with Gasteiger partial charge in [-0.25, -0.2) is 0 Å². The summed E-state index contributed by atoms with van der Waals surface area (Å²) >= 11 is 0. The Hall–Kier alpha value is -0.790. The maximum atomic E-state index is 9.69. The summed E-state index contributed by atoms with van der Waals surface area (Å²) in [6.07, 6.45) is 1.55. The maximum Gasteiger partial charge on any atom is 0.270 e. The highest BCUT2D eigenvalue weighted by Gasteiger charge is 1.94. The smallest absolute Gasteiger partial charge is 0.270 e. The average molecular weight is 113 g/mol. The van der Waals surface area contributed by atoms with Crippen LogP contribution in [-0.4, -0.2) is 12.4 Å². The van der Waals surface area contributed by atoms with E-state index in [1.54, 1.807) is 0 Å². The molecule has 0 rings (SSSR count). The zero-order valence-electron chi connectivity index (χ0n) is 5.10. The van der Waals surface area contributed by atoms with Crippen LogP contribution in [0.3, 0.4) is 0 Å². The van der Waals surface area contributed by atoms with Crippen LogP contribution in [0, 0.1) is 0 Å². The fourth-order valence-corrected chi connectivity index (χ4v) is 0.309. The van der Waals surface area contributed by atoms with Gasteiger partial charge in [0.2, 0.25) is 0 Å². The van der Waals surface area contributed by atoms with Crippen LogP contribution in [0.15, 0.2) is 12.3 Å². The van der Waals surface area contributed by atoms with Crippen molar-refractivity contribution in [1.29, 1.82) is 0 Å². The molecule has 0 fully saturated rings. The molecular weight excluding hydrogens is 104 g/mol. The molecule has 2 nitrogen and oxygen atoms in total. The summed E-state index contributed by atoms with van der Waals surface area (Å²) in [7, 11) is 0. The van der Waals surface area contributed by atoms with Crippen LogP contribution in [0.25, 0.3) is 0 Å². The summed E-state index contributed by atoms with van der Waals surface area (Å²) in [6, 6.07) is 0. The zero-order chi connectivity index (χ0) is 6.57. The van der Waals surface area contributed by atoms with E-state index in [9.17, 15) is 4.79 Å². The van der Waals surface area contributed by atoms with Crippen molar-refractivity contribution in [3.8, 4) is 0 Å². The van der Waals surface area contributed by atoms with E-state index in [0.29, 0.717) is 0 Å². The quantitative estimate of drug-likeness (QED) is 0.403. The number of hydrogen-bond donors (Lipinski definition) is 0. The SMILES string of the molecule is C=C([C]=O)OC(C)C. The Balaban J connectivity index is 3.39. The highest BCUT2D eigenvalue weighted by atomic mass is 16.5. The fraction of sp³-hybridized carbons (Fsp3) is 0.500. The first kappa shape index (κ1) is 7.21. The molecule has 0 aromatic heterocycles. The fourth-order valence-electron chi connectivity index (χ4n) is 0.309. The third-order valence-electron chi connectivity index (χ3n) is 0.492. The van der Waals surface area contributed by atoms with Crippen molar-refractivity contribution in [1.82, 2.24) is 0 Å². The van der Waals surface area contributed by atoms with Crippen LogP contribution in [0.2, 0.25) is 0 Å². The van der Waals surface area contributed by atoms with Gasteiger partial charge in [0.05, 0.1) is 6.10 Å². The molecule has 0 unspecified atom stereocenters. The number of carbonyl (C=O) groups excluding carboxylic acids is 1. The molecule has 0 heterocycles. The molecule has 0 aliphatic rings. The van der Waals surface area contributed by atoms with Crippen LogP contribution >= 0.6 is 0 Å². The monoisotopic (exact) mass is 113 g/mol. The van der Waals surface area contributed by atoms with Gasteiger partial charge in [0.25, 0.3) is 6.29 Å². The van der Waals surface area contributed by atoms with Gasteiger partial charge in [0.1, 0.15) is 0 Å². The summed E-state index contributed by atoms with van der Waals surface area (Å²) < 4.78 is 4.78. The Labute approximate surface area is 49.1 Å². The molecule has 2 heteroatoms. The summed E-state index contributed by atoms with van der Waals surface area (Å²) in [4.78, 5) is 9.69. The van der Waals surface area contributed by atoms with Gasteiger partial charge in [-0.05, 0) is 13.8 Å². The number of ether oxygens (including phenoxy) is 1. The van der Waals surface area contributed by atoms with Gasteiger partial charge in [-0.2, -0.15) is 0 Å². The molecule has 0 bridgehead atoms. The van der Waals surface area contributed by atoms with Crippen molar-refractivity contribution in [3.05, 3.63) is 12.3 Å². The molecule has 0 aliphatic heterocycles. The van der Waals surface area contributed by atoms with Gasteiger partial charge in [-0.3, -0.25) is 4.79 Å². The lowest BCUT2D eigenvalue weighted by Crippen LogP contribution is -2.01. The molecule has 0 N–H and O–H groups in total. The van der Waals surface area contributed by atoms with Crippen LogP contribution < -0.4 is 0 Å². The topological polar surface area (TPSA) is 26.3 Å². The molecular formula is C6H9O2. The zero-order valence-corrected chi connectivity index (χ0v) is 5.10. The molecule has 45 valence electrons. The van der Waals surface area contributed by atoms with Gasteiger partial charge >= 0.3 is 0 Å². The van der Waals surface area contributed by atoms with Crippen LogP contribution in [0.4, 0.5) is 0 Å². The third-order valence-corrected chi connectivity index (χ3v) is 0.492. The Morgan fingerprint density at radius 3 is 2.38 bits per heavy atom. The standard InChI is InChI=1S/C6H9O2/c1-5(2)8-6(3)4-7/h5H,3H2,1-2H3. The minimum atomic E-state index is 0.0175. The van der Waals surface area contributed by atoms with Crippen molar-refractivity contribution >= 4 is 6.29 Å². The maximum absolute atomic E-state index is 9.69. The predicted molar refractivity (Wildman–Crippen MR) is 31.1 cm³/mol. The molecule has 0 aliphatic carbocycles. The Morgan fingerprint density at radius 2 is 2.25 bits per heavy atom. The lowest BCUT2D eigenvalue weighted by Gasteiger charge is -2.04. The highest BCUT2D eigenvalue weighted by molar-refractivity contribution is 5.69. The third kappa shape index (κ3) is 3.40. The molecule has 0 atom stereocenters. The Morgan fingerprint density at radius 1 is 1.75 bits per heavy atom. The normalized spacial score (nSPS) is 8.88. The van der Waals surface area contributed by atoms with E-state index >= 15 is 0 Å². The van der Waals surface area contributed by atoms with E-state index in [2.05, 4.69) is 6.58 Å². The van der Waals surface area contributed by atoms with E-state index in [0.717, 1.165) is 0 Å². The average Bonchev–Trinajstić information content (AvgIpc) is 1.65.